The molecule has 8 heteroatoms. The molecule has 1 aromatic heterocycles. The van der Waals surface area contributed by atoms with Gasteiger partial charge in [0.25, 0.3) is 0 Å². The van der Waals surface area contributed by atoms with E-state index in [1.165, 1.54) is 22.3 Å². The molecule has 1 N–H and O–H groups in total. The average molecular weight is 298 g/mol. The maximum Gasteiger partial charge on any atom is 0.336 e. The number of aromatic nitrogens is 2. The summed E-state index contributed by atoms with van der Waals surface area (Å²) in [6.07, 6.45) is 1.56. The SMILES string of the molecule is O=C(O)c1cccc(OCF)c1COc1ccn(S)n1. The van der Waals surface area contributed by atoms with E-state index in [1.54, 1.807) is 12.3 Å². The zero-order valence-electron chi connectivity index (χ0n) is 10.2. The highest BCUT2D eigenvalue weighted by Crippen LogP contribution is 2.24. The first-order valence-corrected chi connectivity index (χ1v) is 5.93. The molecule has 0 saturated heterocycles. The average Bonchev–Trinajstić information content (AvgIpc) is 2.83. The summed E-state index contributed by atoms with van der Waals surface area (Å²) in [5.74, 6) is -0.753. The number of alkyl halides is 1. The van der Waals surface area contributed by atoms with Gasteiger partial charge in [-0.15, -0.1) is 5.10 Å². The van der Waals surface area contributed by atoms with Gasteiger partial charge in [-0.2, -0.15) is 0 Å². The lowest BCUT2D eigenvalue weighted by atomic mass is 10.1. The minimum Gasteiger partial charge on any atom is -0.478 e. The summed E-state index contributed by atoms with van der Waals surface area (Å²) in [6, 6.07) is 5.90. The summed E-state index contributed by atoms with van der Waals surface area (Å²) in [5, 5.41) is 13.0. The Bertz CT molecular complexity index is 617. The number of nitrogens with zero attached hydrogens (tertiary/aromatic N) is 2. The van der Waals surface area contributed by atoms with E-state index in [0.717, 1.165) is 0 Å². The van der Waals surface area contributed by atoms with Gasteiger partial charge in [0.15, 0.2) is 0 Å². The lowest BCUT2D eigenvalue weighted by molar-refractivity contribution is 0.0692. The van der Waals surface area contributed by atoms with Gasteiger partial charge in [0.1, 0.15) is 12.4 Å². The molecular weight excluding hydrogens is 287 g/mol. The van der Waals surface area contributed by atoms with E-state index in [-0.39, 0.29) is 29.4 Å². The van der Waals surface area contributed by atoms with Crippen molar-refractivity contribution < 1.29 is 23.8 Å². The second-order valence-electron chi connectivity index (χ2n) is 3.70. The first-order chi connectivity index (χ1) is 9.61. The summed E-state index contributed by atoms with van der Waals surface area (Å²) in [4.78, 5) is 11.2. The standard InChI is InChI=1S/C12H11FN2O4S/c13-7-19-10-3-1-2-8(12(16)17)9(10)6-18-11-4-5-15(20)14-11/h1-5,20H,6-7H2,(H,16,17). The molecule has 0 atom stereocenters. The molecule has 0 aliphatic heterocycles. The third-order valence-corrected chi connectivity index (χ3v) is 2.71. The Hall–Kier alpha value is -2.22. The number of ether oxygens (including phenoxy) is 2. The van der Waals surface area contributed by atoms with E-state index in [0.29, 0.717) is 0 Å². The number of halogens is 1. The van der Waals surface area contributed by atoms with Crippen LogP contribution < -0.4 is 9.47 Å². The van der Waals surface area contributed by atoms with Crippen molar-refractivity contribution in [1.82, 2.24) is 9.19 Å². The van der Waals surface area contributed by atoms with E-state index in [2.05, 4.69) is 17.9 Å². The van der Waals surface area contributed by atoms with Crippen LogP contribution in [0.5, 0.6) is 11.6 Å². The molecule has 0 aliphatic carbocycles. The smallest absolute Gasteiger partial charge is 0.336 e. The van der Waals surface area contributed by atoms with Crippen molar-refractivity contribution >= 4 is 18.8 Å². The van der Waals surface area contributed by atoms with Crippen molar-refractivity contribution in [3.8, 4) is 11.6 Å². The lowest BCUT2D eigenvalue weighted by Crippen LogP contribution is -2.08. The van der Waals surface area contributed by atoms with Crippen LogP contribution in [-0.4, -0.2) is 27.1 Å². The molecule has 0 bridgehead atoms. The fourth-order valence-electron chi connectivity index (χ4n) is 1.63. The topological polar surface area (TPSA) is 73.6 Å². The van der Waals surface area contributed by atoms with Crippen LogP contribution >= 0.6 is 12.8 Å². The fraction of sp³-hybridized carbons (Fsp3) is 0.167. The van der Waals surface area contributed by atoms with Gasteiger partial charge in [-0.05, 0) is 24.9 Å². The number of carboxylic acid groups (broad SMARTS) is 1. The van der Waals surface area contributed by atoms with Crippen LogP contribution in [0.25, 0.3) is 0 Å². The number of hydrogen-bond donors (Lipinski definition) is 2. The van der Waals surface area contributed by atoms with Crippen molar-refractivity contribution in [2.45, 2.75) is 6.61 Å². The van der Waals surface area contributed by atoms with Crippen molar-refractivity contribution in [2.24, 2.45) is 0 Å². The Morgan fingerprint density at radius 2 is 2.20 bits per heavy atom. The minimum absolute atomic E-state index is 0.0127. The Labute approximate surface area is 119 Å². The van der Waals surface area contributed by atoms with Gasteiger partial charge in [0.05, 0.1) is 5.56 Å². The third-order valence-electron chi connectivity index (χ3n) is 2.49. The summed E-state index contributed by atoms with van der Waals surface area (Å²) in [5.41, 5.74) is 0.229. The van der Waals surface area contributed by atoms with Crippen molar-refractivity contribution in [3.63, 3.8) is 0 Å². The number of rotatable bonds is 6. The van der Waals surface area contributed by atoms with Gasteiger partial charge in [-0.25, -0.2) is 13.3 Å². The number of hydrogen-bond acceptors (Lipinski definition) is 5. The van der Waals surface area contributed by atoms with Gasteiger partial charge in [0.2, 0.25) is 12.7 Å². The third kappa shape index (κ3) is 3.21. The van der Waals surface area contributed by atoms with Crippen LogP contribution in [0.1, 0.15) is 15.9 Å². The molecule has 1 heterocycles. The molecule has 0 radical (unpaired) electrons. The number of thiol groups is 1. The van der Waals surface area contributed by atoms with E-state index >= 15 is 0 Å². The molecule has 0 aliphatic rings. The highest BCUT2D eigenvalue weighted by atomic mass is 32.1. The Kier molecular flexibility index (Phi) is 4.46. The number of aromatic carboxylic acids is 1. The van der Waals surface area contributed by atoms with Gasteiger partial charge in [-0.3, -0.25) is 0 Å². The highest BCUT2D eigenvalue weighted by molar-refractivity contribution is 7.78. The van der Waals surface area contributed by atoms with E-state index in [9.17, 15) is 9.18 Å². The summed E-state index contributed by atoms with van der Waals surface area (Å²) >= 11 is 3.95. The molecule has 6 nitrogen and oxygen atoms in total. The molecule has 1 aromatic carbocycles. The molecule has 2 aromatic rings. The van der Waals surface area contributed by atoms with Crippen LogP contribution in [0, 0.1) is 0 Å². The van der Waals surface area contributed by atoms with Crippen LogP contribution in [0.3, 0.4) is 0 Å². The Balaban J connectivity index is 2.25. The van der Waals surface area contributed by atoms with E-state index in [1.807, 2.05) is 0 Å². The fourth-order valence-corrected chi connectivity index (χ4v) is 1.78. The molecule has 0 unspecified atom stereocenters. The number of carboxylic acids is 1. The number of benzene rings is 1. The predicted molar refractivity (Wildman–Crippen MR) is 70.9 cm³/mol. The second kappa shape index (κ2) is 6.29. The van der Waals surface area contributed by atoms with Crippen LogP contribution in [-0.2, 0) is 6.61 Å². The van der Waals surface area contributed by atoms with Crippen molar-refractivity contribution in [1.29, 1.82) is 0 Å². The first-order valence-electron chi connectivity index (χ1n) is 5.53. The summed E-state index contributed by atoms with van der Waals surface area (Å²) in [7, 11) is 0. The maximum atomic E-state index is 12.3. The minimum atomic E-state index is -1.15. The predicted octanol–water partition coefficient (Wildman–Crippen LogP) is 2.16. The Morgan fingerprint density at radius 3 is 2.80 bits per heavy atom. The summed E-state index contributed by atoms with van der Waals surface area (Å²) in [6.45, 7) is -1.16. The van der Waals surface area contributed by atoms with E-state index < -0.39 is 12.8 Å². The van der Waals surface area contributed by atoms with Gasteiger partial charge >= 0.3 is 5.97 Å². The van der Waals surface area contributed by atoms with Crippen LogP contribution in [0.4, 0.5) is 4.39 Å². The number of carbonyl (C=O) groups is 1. The Morgan fingerprint density at radius 1 is 1.40 bits per heavy atom. The van der Waals surface area contributed by atoms with Gasteiger partial charge in [0, 0.05) is 17.8 Å². The van der Waals surface area contributed by atoms with Crippen molar-refractivity contribution in [2.75, 3.05) is 6.86 Å². The molecule has 0 amide bonds. The zero-order chi connectivity index (χ0) is 14.5. The molecule has 0 fully saturated rings. The molecule has 0 saturated carbocycles. The highest BCUT2D eigenvalue weighted by Gasteiger charge is 2.16. The van der Waals surface area contributed by atoms with E-state index in [4.69, 9.17) is 14.6 Å². The van der Waals surface area contributed by atoms with Gasteiger partial charge in [-0.1, -0.05) is 6.07 Å². The maximum absolute atomic E-state index is 12.3. The molecule has 106 valence electrons. The monoisotopic (exact) mass is 298 g/mol. The quantitative estimate of drug-likeness (QED) is 0.799. The van der Waals surface area contributed by atoms with Crippen molar-refractivity contribution in [3.05, 3.63) is 41.6 Å². The summed E-state index contributed by atoms with van der Waals surface area (Å²) < 4.78 is 23.7. The molecule has 2 rings (SSSR count). The van der Waals surface area contributed by atoms with Crippen LogP contribution in [0.2, 0.25) is 0 Å². The van der Waals surface area contributed by atoms with Crippen LogP contribution in [0.15, 0.2) is 30.5 Å². The second-order valence-corrected chi connectivity index (χ2v) is 4.11. The largest absolute Gasteiger partial charge is 0.478 e. The molecule has 0 spiro atoms. The molecule has 20 heavy (non-hydrogen) atoms. The normalized spacial score (nSPS) is 10.3. The molecular formula is C12H11FN2O4S. The first kappa shape index (κ1) is 14.2. The lowest BCUT2D eigenvalue weighted by Gasteiger charge is -2.12. The van der Waals surface area contributed by atoms with Gasteiger partial charge < -0.3 is 14.6 Å². The zero-order valence-corrected chi connectivity index (χ0v) is 11.1.